The van der Waals surface area contributed by atoms with Crippen molar-refractivity contribution in [3.63, 3.8) is 0 Å². The molecule has 13 heteroatoms. The first-order valence-corrected chi connectivity index (χ1v) is 11.8. The van der Waals surface area contributed by atoms with Gasteiger partial charge in [0, 0.05) is 25.3 Å². The van der Waals surface area contributed by atoms with E-state index in [0.29, 0.717) is 11.3 Å². The summed E-state index contributed by atoms with van der Waals surface area (Å²) in [5.74, 6) is -0.792. The van der Waals surface area contributed by atoms with Gasteiger partial charge in [0.2, 0.25) is 15.9 Å². The topological polar surface area (TPSA) is 140 Å². The van der Waals surface area contributed by atoms with E-state index in [1.165, 1.54) is 50.5 Å². The Morgan fingerprint density at radius 1 is 1.15 bits per heavy atom. The number of primary amides is 1. The molecule has 0 radical (unpaired) electrons. The van der Waals surface area contributed by atoms with Crippen LogP contribution in [0.3, 0.4) is 0 Å². The maximum Gasteiger partial charge on any atom is 0.318 e. The summed E-state index contributed by atoms with van der Waals surface area (Å²) >= 11 is 0.999. The summed E-state index contributed by atoms with van der Waals surface area (Å²) in [6.07, 6.45) is 0. The Morgan fingerprint density at radius 2 is 1.82 bits per heavy atom. The third-order valence-corrected chi connectivity index (χ3v) is 7.34. The van der Waals surface area contributed by atoms with Crippen LogP contribution in [0, 0.1) is 5.82 Å². The highest BCUT2D eigenvalue weighted by molar-refractivity contribution is 8.00. The molecule has 0 aliphatic rings. The van der Waals surface area contributed by atoms with Crippen LogP contribution >= 0.6 is 11.8 Å². The van der Waals surface area contributed by atoms with Crippen molar-refractivity contribution in [2.24, 2.45) is 5.73 Å². The van der Waals surface area contributed by atoms with Crippen molar-refractivity contribution >= 4 is 33.7 Å². The lowest BCUT2D eigenvalue weighted by Crippen LogP contribution is -2.39. The average Bonchev–Trinajstić information content (AvgIpc) is 3.17. The molecule has 3 rings (SSSR count). The predicted molar refractivity (Wildman–Crippen MR) is 121 cm³/mol. The third kappa shape index (κ3) is 5.38. The number of nitrogens with zero attached hydrogens (tertiary/aromatic N) is 4. The van der Waals surface area contributed by atoms with Crippen molar-refractivity contribution in [2.45, 2.75) is 22.2 Å². The Labute approximate surface area is 194 Å². The molecule has 0 aliphatic carbocycles. The van der Waals surface area contributed by atoms with Crippen LogP contribution in [0.1, 0.15) is 6.92 Å². The number of aromatic nitrogens is 3. The molecule has 1 heterocycles. The number of nitrogens with two attached hydrogens (primary N) is 1. The SMILES string of the molecule is CC(Sc1nnc(-c2cccc(S(=O)(=O)N(C)C)c2)n1-c1ccc(F)cc1)C(=O)NC(N)=O. The molecule has 2 aromatic carbocycles. The summed E-state index contributed by atoms with van der Waals surface area (Å²) in [5.41, 5.74) is 5.94. The van der Waals surface area contributed by atoms with Crippen molar-refractivity contribution in [1.29, 1.82) is 0 Å². The molecule has 1 unspecified atom stereocenters. The van der Waals surface area contributed by atoms with Crippen molar-refractivity contribution in [3.8, 4) is 17.1 Å². The minimum absolute atomic E-state index is 0.0575. The maximum atomic E-state index is 13.5. The zero-order valence-corrected chi connectivity index (χ0v) is 19.5. The average molecular weight is 493 g/mol. The summed E-state index contributed by atoms with van der Waals surface area (Å²) in [7, 11) is -0.847. The number of benzene rings is 2. The van der Waals surface area contributed by atoms with Crippen LogP contribution in [0.2, 0.25) is 0 Å². The van der Waals surface area contributed by atoms with Gasteiger partial charge in [-0.3, -0.25) is 14.7 Å². The van der Waals surface area contributed by atoms with Gasteiger partial charge in [-0.05, 0) is 43.3 Å². The number of thioether (sulfide) groups is 1. The molecular weight excluding hydrogens is 471 g/mol. The van der Waals surface area contributed by atoms with Crippen LogP contribution in [0.5, 0.6) is 0 Å². The molecule has 0 bridgehead atoms. The number of imide groups is 1. The second kappa shape index (κ2) is 9.68. The number of carbonyl (C=O) groups is 2. The molecule has 0 fully saturated rings. The Morgan fingerprint density at radius 3 is 2.42 bits per heavy atom. The van der Waals surface area contributed by atoms with Crippen molar-refractivity contribution in [3.05, 3.63) is 54.3 Å². The van der Waals surface area contributed by atoms with E-state index in [9.17, 15) is 22.4 Å². The van der Waals surface area contributed by atoms with E-state index < -0.39 is 33.0 Å². The second-order valence-corrected chi connectivity index (χ2v) is 10.5. The first-order chi connectivity index (χ1) is 15.5. The fourth-order valence-corrected chi connectivity index (χ4v) is 4.61. The smallest absolute Gasteiger partial charge is 0.318 e. The van der Waals surface area contributed by atoms with Crippen LogP contribution in [-0.2, 0) is 14.8 Å². The Kier molecular flexibility index (Phi) is 7.15. The quantitative estimate of drug-likeness (QED) is 0.481. The van der Waals surface area contributed by atoms with Gasteiger partial charge in [0.25, 0.3) is 0 Å². The fraction of sp³-hybridized carbons (Fsp3) is 0.200. The summed E-state index contributed by atoms with van der Waals surface area (Å²) in [5, 5.41) is 9.84. The number of rotatable bonds is 7. The summed E-state index contributed by atoms with van der Waals surface area (Å²) in [4.78, 5) is 23.2. The van der Waals surface area contributed by atoms with Gasteiger partial charge in [-0.25, -0.2) is 21.9 Å². The molecule has 3 aromatic rings. The molecular formula is C20H21FN6O4S2. The number of urea groups is 1. The Bertz CT molecular complexity index is 1290. The first kappa shape index (κ1) is 24.4. The molecule has 10 nitrogen and oxygen atoms in total. The van der Waals surface area contributed by atoms with E-state index in [1.807, 2.05) is 5.32 Å². The highest BCUT2D eigenvalue weighted by Gasteiger charge is 2.24. The maximum absolute atomic E-state index is 13.5. The van der Waals surface area contributed by atoms with Gasteiger partial charge in [-0.15, -0.1) is 10.2 Å². The number of hydrogen-bond donors (Lipinski definition) is 2. The van der Waals surface area contributed by atoms with E-state index in [-0.39, 0.29) is 15.9 Å². The molecule has 174 valence electrons. The summed E-state index contributed by atoms with van der Waals surface area (Å²) in [6.45, 7) is 1.55. The Hall–Kier alpha value is -3.29. The van der Waals surface area contributed by atoms with Crippen LogP contribution in [0.15, 0.2) is 58.6 Å². The molecule has 3 amide bonds. The van der Waals surface area contributed by atoms with Gasteiger partial charge in [-0.1, -0.05) is 23.9 Å². The van der Waals surface area contributed by atoms with Crippen LogP contribution in [0.25, 0.3) is 17.1 Å². The third-order valence-electron chi connectivity index (χ3n) is 4.49. The number of halogens is 1. The number of amides is 3. The monoisotopic (exact) mass is 492 g/mol. The van der Waals surface area contributed by atoms with Crippen LogP contribution in [-0.4, -0.2) is 58.8 Å². The van der Waals surface area contributed by atoms with Gasteiger partial charge in [0.1, 0.15) is 5.82 Å². The molecule has 0 spiro atoms. The van der Waals surface area contributed by atoms with Gasteiger partial charge in [-0.2, -0.15) is 0 Å². The molecule has 0 saturated carbocycles. The minimum Gasteiger partial charge on any atom is -0.351 e. The minimum atomic E-state index is -3.70. The van der Waals surface area contributed by atoms with E-state index in [1.54, 1.807) is 23.6 Å². The normalized spacial score (nSPS) is 12.5. The lowest BCUT2D eigenvalue weighted by atomic mass is 10.2. The van der Waals surface area contributed by atoms with Gasteiger partial charge in [0.15, 0.2) is 11.0 Å². The van der Waals surface area contributed by atoms with Gasteiger partial charge in [0.05, 0.1) is 10.1 Å². The number of hydrogen-bond acceptors (Lipinski definition) is 7. The molecule has 1 aromatic heterocycles. The highest BCUT2D eigenvalue weighted by atomic mass is 32.2. The zero-order chi connectivity index (χ0) is 24.3. The van der Waals surface area contributed by atoms with E-state index >= 15 is 0 Å². The standard InChI is InChI=1S/C20H21FN6O4S2/c1-12(18(28)23-19(22)29)32-20-25-24-17(27(20)15-9-7-14(21)8-10-15)13-5-4-6-16(11-13)33(30,31)26(2)3/h4-12H,1-3H3,(H3,22,23,28,29). The van der Waals surface area contributed by atoms with E-state index in [2.05, 4.69) is 10.2 Å². The fourth-order valence-electron chi connectivity index (χ4n) is 2.80. The predicted octanol–water partition coefficient (Wildman–Crippen LogP) is 2.00. The molecule has 33 heavy (non-hydrogen) atoms. The van der Waals surface area contributed by atoms with E-state index in [0.717, 1.165) is 16.1 Å². The highest BCUT2D eigenvalue weighted by Crippen LogP contribution is 2.31. The van der Waals surface area contributed by atoms with Crippen molar-refractivity contribution in [1.82, 2.24) is 24.4 Å². The molecule has 0 aliphatic heterocycles. The summed E-state index contributed by atoms with van der Waals surface area (Å²) < 4.78 is 41.4. The number of sulfonamides is 1. The lowest BCUT2D eigenvalue weighted by Gasteiger charge is -2.14. The second-order valence-electron chi connectivity index (χ2n) is 7.05. The molecule has 3 N–H and O–H groups in total. The lowest BCUT2D eigenvalue weighted by molar-refractivity contribution is -0.119. The zero-order valence-electron chi connectivity index (χ0n) is 17.9. The number of carbonyl (C=O) groups excluding carboxylic acids is 2. The van der Waals surface area contributed by atoms with Crippen LogP contribution in [0.4, 0.5) is 9.18 Å². The number of nitrogens with one attached hydrogen (secondary N) is 1. The molecule has 0 saturated heterocycles. The van der Waals surface area contributed by atoms with Crippen molar-refractivity contribution in [2.75, 3.05) is 14.1 Å². The summed E-state index contributed by atoms with van der Waals surface area (Å²) in [6, 6.07) is 10.7. The molecule has 1 atom stereocenters. The first-order valence-electron chi connectivity index (χ1n) is 9.52. The van der Waals surface area contributed by atoms with Crippen molar-refractivity contribution < 1.29 is 22.4 Å². The van der Waals surface area contributed by atoms with Gasteiger partial charge < -0.3 is 5.73 Å². The Balaban J connectivity index is 2.11. The largest absolute Gasteiger partial charge is 0.351 e. The van der Waals surface area contributed by atoms with Gasteiger partial charge >= 0.3 is 6.03 Å². The van der Waals surface area contributed by atoms with Crippen LogP contribution < -0.4 is 11.1 Å². The van der Waals surface area contributed by atoms with E-state index in [4.69, 9.17) is 5.73 Å².